The average molecular weight is 272 g/mol. The van der Waals surface area contributed by atoms with Gasteiger partial charge in [-0.2, -0.15) is 0 Å². The van der Waals surface area contributed by atoms with Crippen molar-refractivity contribution in [3.05, 3.63) is 47.3 Å². The Balaban J connectivity index is 2.01. The van der Waals surface area contributed by atoms with Crippen LogP contribution in [0.15, 0.2) is 34.9 Å². The van der Waals surface area contributed by atoms with E-state index in [4.69, 9.17) is 4.52 Å². The van der Waals surface area contributed by atoms with Crippen molar-refractivity contribution < 1.29 is 14.4 Å². The lowest BCUT2D eigenvalue weighted by Crippen LogP contribution is -2.31. The molecular weight excluding hydrogens is 256 g/mol. The lowest BCUT2D eigenvalue weighted by atomic mass is 10.0. The van der Waals surface area contributed by atoms with E-state index in [0.717, 1.165) is 17.7 Å². The molecule has 0 spiro atoms. The second kappa shape index (κ2) is 5.09. The molecular formula is C15H16N2O3. The van der Waals surface area contributed by atoms with Gasteiger partial charge in [0, 0.05) is 23.9 Å². The quantitative estimate of drug-likeness (QED) is 0.866. The zero-order valence-corrected chi connectivity index (χ0v) is 11.2. The largest absolute Gasteiger partial charge is 0.388 e. The number of aliphatic hydroxyl groups excluding tert-OH is 1. The van der Waals surface area contributed by atoms with Crippen molar-refractivity contribution in [3.8, 4) is 0 Å². The van der Waals surface area contributed by atoms with Gasteiger partial charge in [0.1, 0.15) is 0 Å². The zero-order valence-electron chi connectivity index (χ0n) is 11.2. The molecule has 1 aliphatic rings. The molecule has 0 saturated carbocycles. The molecule has 1 atom stereocenters. The maximum absolute atomic E-state index is 12.5. The molecule has 5 heteroatoms. The number of hydrogen-bond acceptors (Lipinski definition) is 4. The van der Waals surface area contributed by atoms with Crippen LogP contribution in [-0.4, -0.2) is 22.7 Å². The molecule has 1 amide bonds. The number of aliphatic hydroxyl groups is 1. The second-order valence-electron chi connectivity index (χ2n) is 5.01. The van der Waals surface area contributed by atoms with Crippen molar-refractivity contribution in [2.24, 2.45) is 0 Å². The number of carbonyl (C=O) groups is 1. The Kier molecular flexibility index (Phi) is 3.28. The fourth-order valence-electron chi connectivity index (χ4n) is 2.54. The second-order valence-corrected chi connectivity index (χ2v) is 5.01. The topological polar surface area (TPSA) is 66.6 Å². The zero-order chi connectivity index (χ0) is 14.1. The predicted octanol–water partition coefficient (Wildman–Crippen LogP) is 2.46. The summed E-state index contributed by atoms with van der Waals surface area (Å²) in [6.45, 7) is 2.34. The molecule has 2 heterocycles. The van der Waals surface area contributed by atoms with Crippen molar-refractivity contribution in [3.63, 3.8) is 0 Å². The molecule has 1 unspecified atom stereocenters. The van der Waals surface area contributed by atoms with E-state index < -0.39 is 6.10 Å². The highest BCUT2D eigenvalue weighted by Crippen LogP contribution is 2.33. The Bertz CT molecular complexity index is 636. The summed E-state index contributed by atoms with van der Waals surface area (Å²) in [6, 6.07) is 9.08. The number of amides is 1. The first kappa shape index (κ1) is 12.9. The van der Waals surface area contributed by atoms with Crippen molar-refractivity contribution in [2.45, 2.75) is 25.9 Å². The Labute approximate surface area is 116 Å². The van der Waals surface area contributed by atoms with E-state index in [0.29, 0.717) is 18.7 Å². The normalized spacial score (nSPS) is 18.5. The molecule has 3 rings (SSSR count). The number of hydrogen-bond donors (Lipinski definition) is 1. The highest BCUT2D eigenvalue weighted by Gasteiger charge is 2.27. The molecule has 1 aromatic carbocycles. The van der Waals surface area contributed by atoms with Crippen LogP contribution in [0.5, 0.6) is 0 Å². The minimum absolute atomic E-state index is 0.216. The van der Waals surface area contributed by atoms with Crippen LogP contribution in [-0.2, 0) is 0 Å². The minimum atomic E-state index is -0.527. The third-order valence-corrected chi connectivity index (χ3v) is 3.53. The summed E-state index contributed by atoms with van der Waals surface area (Å²) < 4.78 is 5.06. The summed E-state index contributed by atoms with van der Waals surface area (Å²) in [5.41, 5.74) is 2.21. The number of nitrogens with zero attached hydrogens (tertiary/aromatic N) is 2. The molecule has 2 aromatic rings. The highest BCUT2D eigenvalue weighted by molar-refractivity contribution is 6.04. The third kappa shape index (κ3) is 2.20. The van der Waals surface area contributed by atoms with Gasteiger partial charge >= 0.3 is 0 Å². The molecule has 0 saturated heterocycles. The molecule has 0 fully saturated rings. The van der Waals surface area contributed by atoms with E-state index >= 15 is 0 Å². The number of fused-ring (bicyclic) bond motifs is 1. The number of aromatic nitrogens is 1. The van der Waals surface area contributed by atoms with Crippen LogP contribution in [0.2, 0.25) is 0 Å². The van der Waals surface area contributed by atoms with Gasteiger partial charge in [0.2, 0.25) is 5.76 Å². The van der Waals surface area contributed by atoms with Crippen LogP contribution in [0.4, 0.5) is 5.69 Å². The van der Waals surface area contributed by atoms with Gasteiger partial charge in [-0.15, -0.1) is 0 Å². The Hall–Kier alpha value is -2.14. The van der Waals surface area contributed by atoms with E-state index in [1.807, 2.05) is 24.3 Å². The van der Waals surface area contributed by atoms with Crippen LogP contribution in [0.3, 0.4) is 0 Å². The van der Waals surface area contributed by atoms with Gasteiger partial charge in [-0.3, -0.25) is 4.79 Å². The van der Waals surface area contributed by atoms with Gasteiger partial charge in [-0.05, 0) is 25.8 Å². The molecule has 0 bridgehead atoms. The van der Waals surface area contributed by atoms with E-state index in [-0.39, 0.29) is 11.7 Å². The fourth-order valence-corrected chi connectivity index (χ4v) is 2.54. The van der Waals surface area contributed by atoms with Crippen LogP contribution < -0.4 is 4.90 Å². The summed E-state index contributed by atoms with van der Waals surface area (Å²) in [5, 5.41) is 13.9. The number of para-hydroxylation sites is 1. The summed E-state index contributed by atoms with van der Waals surface area (Å²) in [4.78, 5) is 14.2. The van der Waals surface area contributed by atoms with Crippen molar-refractivity contribution in [1.29, 1.82) is 0 Å². The number of aryl methyl sites for hydroxylation is 1. The first-order valence-electron chi connectivity index (χ1n) is 6.69. The standard InChI is InChI=1S/C15H16N2O3/c1-10-9-14(20-16-10)15(19)17-8-4-7-13(18)11-5-2-3-6-12(11)17/h2-3,5-6,9,13,18H,4,7-8H2,1H3. The smallest absolute Gasteiger partial charge is 0.296 e. The molecule has 104 valence electrons. The fraction of sp³-hybridized carbons (Fsp3) is 0.333. The van der Waals surface area contributed by atoms with Crippen molar-refractivity contribution >= 4 is 11.6 Å². The van der Waals surface area contributed by atoms with Gasteiger partial charge in [-0.1, -0.05) is 23.4 Å². The molecule has 1 aromatic heterocycles. The lowest BCUT2D eigenvalue weighted by Gasteiger charge is -2.21. The summed E-state index contributed by atoms with van der Waals surface area (Å²) in [6.07, 6.45) is 0.866. The predicted molar refractivity (Wildman–Crippen MR) is 73.6 cm³/mol. The molecule has 5 nitrogen and oxygen atoms in total. The highest BCUT2D eigenvalue weighted by atomic mass is 16.5. The summed E-state index contributed by atoms with van der Waals surface area (Å²) >= 11 is 0. The monoisotopic (exact) mass is 272 g/mol. The Morgan fingerprint density at radius 3 is 3.00 bits per heavy atom. The van der Waals surface area contributed by atoms with E-state index in [1.165, 1.54) is 0 Å². The maximum Gasteiger partial charge on any atom is 0.296 e. The van der Waals surface area contributed by atoms with Crippen LogP contribution in [0.1, 0.15) is 40.8 Å². The van der Waals surface area contributed by atoms with E-state index in [1.54, 1.807) is 17.9 Å². The lowest BCUT2D eigenvalue weighted by molar-refractivity contribution is 0.0951. The third-order valence-electron chi connectivity index (χ3n) is 3.53. The molecule has 0 aliphatic carbocycles. The first-order valence-corrected chi connectivity index (χ1v) is 6.69. The average Bonchev–Trinajstić information content (AvgIpc) is 2.82. The van der Waals surface area contributed by atoms with Gasteiger partial charge in [0.25, 0.3) is 5.91 Å². The number of carbonyl (C=O) groups excluding carboxylic acids is 1. The summed E-state index contributed by atoms with van der Waals surface area (Å²) in [7, 11) is 0. The van der Waals surface area contributed by atoms with Gasteiger partial charge in [0.15, 0.2) is 0 Å². The van der Waals surface area contributed by atoms with Crippen molar-refractivity contribution in [1.82, 2.24) is 5.16 Å². The Morgan fingerprint density at radius 1 is 1.45 bits per heavy atom. The van der Waals surface area contributed by atoms with E-state index in [9.17, 15) is 9.90 Å². The van der Waals surface area contributed by atoms with Gasteiger partial charge < -0.3 is 14.5 Å². The number of rotatable bonds is 1. The van der Waals surface area contributed by atoms with Crippen LogP contribution in [0.25, 0.3) is 0 Å². The SMILES string of the molecule is Cc1cc(C(=O)N2CCCC(O)c3ccccc32)on1. The van der Waals surface area contributed by atoms with Gasteiger partial charge in [-0.25, -0.2) is 0 Å². The molecule has 0 radical (unpaired) electrons. The van der Waals surface area contributed by atoms with Crippen molar-refractivity contribution in [2.75, 3.05) is 11.4 Å². The minimum Gasteiger partial charge on any atom is -0.388 e. The first-order chi connectivity index (χ1) is 9.66. The molecule has 1 aliphatic heterocycles. The van der Waals surface area contributed by atoms with Crippen LogP contribution >= 0.6 is 0 Å². The van der Waals surface area contributed by atoms with E-state index in [2.05, 4.69) is 5.16 Å². The van der Waals surface area contributed by atoms with Crippen LogP contribution in [0, 0.1) is 6.92 Å². The summed E-state index contributed by atoms with van der Waals surface area (Å²) in [5.74, 6) is 0.0147. The molecule has 1 N–H and O–H groups in total. The number of anilines is 1. The maximum atomic E-state index is 12.5. The Morgan fingerprint density at radius 2 is 2.25 bits per heavy atom. The van der Waals surface area contributed by atoms with Gasteiger partial charge in [0.05, 0.1) is 11.8 Å². The molecule has 20 heavy (non-hydrogen) atoms. The number of benzene rings is 1.